The summed E-state index contributed by atoms with van der Waals surface area (Å²) in [6.07, 6.45) is 4.33. The van der Waals surface area contributed by atoms with Gasteiger partial charge in [-0.2, -0.15) is 11.8 Å². The van der Waals surface area contributed by atoms with E-state index in [1.807, 2.05) is 36.2 Å². The molecule has 1 aliphatic rings. The predicted molar refractivity (Wildman–Crippen MR) is 85.3 cm³/mol. The van der Waals surface area contributed by atoms with E-state index in [2.05, 4.69) is 23.3 Å². The van der Waals surface area contributed by atoms with Crippen LogP contribution >= 0.6 is 23.4 Å². The lowest BCUT2D eigenvalue weighted by Crippen LogP contribution is -2.32. The Labute approximate surface area is 122 Å². The minimum Gasteiger partial charge on any atom is -0.379 e. The molecule has 0 radical (unpaired) electrons. The van der Waals surface area contributed by atoms with Crippen molar-refractivity contribution in [3.05, 3.63) is 35.5 Å². The normalized spacial score (nSPS) is 23.5. The standard InChI is InChI=1S/C15H17ClN2S/c1-10-13(5-3-7-19-10)18-14-9-12(16)8-11-4-2-6-17-15(11)14/h2,4,6,8-10,13,18H,3,5,7H2,1H3. The average Bonchev–Trinajstić information content (AvgIpc) is 2.41. The molecular weight excluding hydrogens is 276 g/mol. The summed E-state index contributed by atoms with van der Waals surface area (Å²) < 4.78 is 0. The summed E-state index contributed by atoms with van der Waals surface area (Å²) in [6, 6.07) is 8.46. The van der Waals surface area contributed by atoms with Crippen LogP contribution in [0.5, 0.6) is 0 Å². The Morgan fingerprint density at radius 3 is 3.16 bits per heavy atom. The molecule has 100 valence electrons. The number of rotatable bonds is 2. The van der Waals surface area contributed by atoms with Gasteiger partial charge in [-0.3, -0.25) is 4.98 Å². The largest absolute Gasteiger partial charge is 0.379 e. The second-order valence-corrected chi connectivity index (χ2v) is 6.92. The number of fused-ring (bicyclic) bond motifs is 1. The lowest BCUT2D eigenvalue weighted by molar-refractivity contribution is 0.618. The Kier molecular flexibility index (Phi) is 3.85. The molecule has 1 aromatic carbocycles. The zero-order valence-electron chi connectivity index (χ0n) is 10.9. The summed E-state index contributed by atoms with van der Waals surface area (Å²) in [5, 5.41) is 6.13. The van der Waals surface area contributed by atoms with E-state index in [0.717, 1.165) is 21.6 Å². The molecule has 2 atom stereocenters. The molecule has 19 heavy (non-hydrogen) atoms. The molecule has 1 saturated heterocycles. The molecule has 2 unspecified atom stereocenters. The third kappa shape index (κ3) is 2.82. The first-order chi connectivity index (χ1) is 9.24. The first-order valence-electron chi connectivity index (χ1n) is 6.66. The van der Waals surface area contributed by atoms with E-state index in [0.29, 0.717) is 11.3 Å². The van der Waals surface area contributed by atoms with Gasteiger partial charge >= 0.3 is 0 Å². The van der Waals surface area contributed by atoms with Gasteiger partial charge in [0.05, 0.1) is 11.2 Å². The summed E-state index contributed by atoms with van der Waals surface area (Å²) in [4.78, 5) is 4.48. The molecule has 1 aromatic heterocycles. The second kappa shape index (κ2) is 5.59. The molecule has 1 fully saturated rings. The molecule has 1 aliphatic heterocycles. The number of hydrogen-bond donors (Lipinski definition) is 1. The lowest BCUT2D eigenvalue weighted by Gasteiger charge is -2.30. The van der Waals surface area contributed by atoms with Gasteiger partial charge in [0, 0.05) is 27.9 Å². The molecule has 0 spiro atoms. The van der Waals surface area contributed by atoms with Gasteiger partial charge in [-0.05, 0) is 36.8 Å². The van der Waals surface area contributed by atoms with Crippen molar-refractivity contribution in [3.8, 4) is 0 Å². The van der Waals surface area contributed by atoms with Gasteiger partial charge in [0.25, 0.3) is 0 Å². The summed E-state index contributed by atoms with van der Waals surface area (Å²) in [7, 11) is 0. The fourth-order valence-corrected chi connectivity index (χ4v) is 3.95. The zero-order chi connectivity index (χ0) is 13.2. The minimum absolute atomic E-state index is 0.502. The van der Waals surface area contributed by atoms with Crippen LogP contribution < -0.4 is 5.32 Å². The maximum atomic E-state index is 6.20. The van der Waals surface area contributed by atoms with E-state index in [1.165, 1.54) is 18.6 Å². The fourth-order valence-electron chi connectivity index (χ4n) is 2.58. The van der Waals surface area contributed by atoms with Gasteiger partial charge in [0.15, 0.2) is 0 Å². The summed E-state index contributed by atoms with van der Waals surface area (Å²) >= 11 is 8.24. The van der Waals surface area contributed by atoms with Crippen molar-refractivity contribution in [2.75, 3.05) is 11.1 Å². The molecule has 0 saturated carbocycles. The van der Waals surface area contributed by atoms with E-state index in [1.54, 1.807) is 0 Å². The van der Waals surface area contributed by atoms with Crippen LogP contribution in [-0.4, -0.2) is 22.0 Å². The van der Waals surface area contributed by atoms with Crippen molar-refractivity contribution in [1.82, 2.24) is 4.98 Å². The summed E-state index contributed by atoms with van der Waals surface area (Å²) in [6.45, 7) is 2.29. The Balaban J connectivity index is 1.95. The van der Waals surface area contributed by atoms with Gasteiger partial charge in [-0.25, -0.2) is 0 Å². The Morgan fingerprint density at radius 1 is 1.42 bits per heavy atom. The van der Waals surface area contributed by atoms with Crippen LogP contribution in [0.4, 0.5) is 5.69 Å². The first kappa shape index (κ1) is 13.1. The highest BCUT2D eigenvalue weighted by Gasteiger charge is 2.22. The quantitative estimate of drug-likeness (QED) is 0.877. The molecule has 4 heteroatoms. The highest BCUT2D eigenvalue weighted by Crippen LogP contribution is 2.31. The van der Waals surface area contributed by atoms with Crippen molar-refractivity contribution in [2.24, 2.45) is 0 Å². The maximum absolute atomic E-state index is 6.20. The van der Waals surface area contributed by atoms with Crippen LogP contribution in [-0.2, 0) is 0 Å². The molecule has 2 nitrogen and oxygen atoms in total. The molecule has 0 amide bonds. The maximum Gasteiger partial charge on any atom is 0.0934 e. The Hall–Kier alpha value is -0.930. The van der Waals surface area contributed by atoms with Crippen molar-refractivity contribution in [2.45, 2.75) is 31.1 Å². The molecular formula is C15H17ClN2S. The van der Waals surface area contributed by atoms with Gasteiger partial charge in [0.1, 0.15) is 0 Å². The average molecular weight is 293 g/mol. The monoisotopic (exact) mass is 292 g/mol. The van der Waals surface area contributed by atoms with Crippen LogP contribution in [0.1, 0.15) is 19.8 Å². The number of halogens is 1. The number of thioether (sulfide) groups is 1. The molecule has 1 N–H and O–H groups in total. The van der Waals surface area contributed by atoms with Gasteiger partial charge in [-0.15, -0.1) is 0 Å². The number of nitrogens with one attached hydrogen (secondary N) is 1. The van der Waals surface area contributed by atoms with E-state index in [4.69, 9.17) is 11.6 Å². The third-order valence-electron chi connectivity index (χ3n) is 3.62. The topological polar surface area (TPSA) is 24.9 Å². The van der Waals surface area contributed by atoms with Crippen LogP contribution in [0.3, 0.4) is 0 Å². The number of benzene rings is 1. The van der Waals surface area contributed by atoms with Crippen LogP contribution in [0.25, 0.3) is 10.9 Å². The van der Waals surface area contributed by atoms with E-state index in [-0.39, 0.29) is 0 Å². The highest BCUT2D eigenvalue weighted by atomic mass is 35.5. The van der Waals surface area contributed by atoms with Crippen molar-refractivity contribution < 1.29 is 0 Å². The van der Waals surface area contributed by atoms with Gasteiger partial charge in [0.2, 0.25) is 0 Å². The Morgan fingerprint density at radius 2 is 2.32 bits per heavy atom. The predicted octanol–water partition coefficient (Wildman–Crippen LogP) is 4.58. The van der Waals surface area contributed by atoms with Gasteiger partial charge in [-0.1, -0.05) is 24.6 Å². The van der Waals surface area contributed by atoms with E-state index < -0.39 is 0 Å². The number of nitrogens with zero attached hydrogens (tertiary/aromatic N) is 1. The van der Waals surface area contributed by atoms with Crippen molar-refractivity contribution in [3.63, 3.8) is 0 Å². The van der Waals surface area contributed by atoms with Crippen molar-refractivity contribution in [1.29, 1.82) is 0 Å². The third-order valence-corrected chi connectivity index (χ3v) is 5.21. The molecule has 2 aromatic rings. The van der Waals surface area contributed by atoms with E-state index in [9.17, 15) is 0 Å². The van der Waals surface area contributed by atoms with Crippen LogP contribution in [0.2, 0.25) is 5.02 Å². The molecule has 3 rings (SSSR count). The van der Waals surface area contributed by atoms with Crippen LogP contribution in [0, 0.1) is 0 Å². The highest BCUT2D eigenvalue weighted by molar-refractivity contribution is 8.00. The number of anilines is 1. The minimum atomic E-state index is 0.502. The van der Waals surface area contributed by atoms with E-state index >= 15 is 0 Å². The Bertz CT molecular complexity index is 587. The second-order valence-electron chi connectivity index (χ2n) is 5.00. The SMILES string of the molecule is CC1SCCCC1Nc1cc(Cl)cc2cccnc12. The van der Waals surface area contributed by atoms with Crippen LogP contribution in [0.15, 0.2) is 30.5 Å². The first-order valence-corrected chi connectivity index (χ1v) is 8.09. The smallest absolute Gasteiger partial charge is 0.0934 e. The lowest BCUT2D eigenvalue weighted by atomic mass is 10.1. The summed E-state index contributed by atoms with van der Waals surface area (Å²) in [5.74, 6) is 1.27. The number of aromatic nitrogens is 1. The number of hydrogen-bond acceptors (Lipinski definition) is 3. The molecule has 2 heterocycles. The number of pyridine rings is 1. The fraction of sp³-hybridized carbons (Fsp3) is 0.400. The molecule has 0 aliphatic carbocycles. The summed E-state index contributed by atoms with van der Waals surface area (Å²) in [5.41, 5.74) is 2.07. The zero-order valence-corrected chi connectivity index (χ0v) is 12.5. The van der Waals surface area contributed by atoms with Crippen molar-refractivity contribution >= 4 is 40.0 Å². The molecule has 0 bridgehead atoms. The van der Waals surface area contributed by atoms with Gasteiger partial charge < -0.3 is 5.32 Å².